The average Bonchev–Trinajstić information content (AvgIpc) is 1.62. The third-order valence-electron chi connectivity index (χ3n) is 17.5. The Labute approximate surface area is 537 Å². The smallest absolute Gasteiger partial charge is 0.160 e. The molecule has 0 atom stereocenters. The van der Waals surface area contributed by atoms with Gasteiger partial charge in [-0.05, 0) is 106 Å². The highest BCUT2D eigenvalue weighted by molar-refractivity contribution is 6.16. The summed E-state index contributed by atoms with van der Waals surface area (Å²) in [6, 6.07) is 112. The van der Waals surface area contributed by atoms with Crippen molar-refractivity contribution in [2.45, 2.75) is 0 Å². The van der Waals surface area contributed by atoms with Gasteiger partial charge in [-0.2, -0.15) is 0 Å². The van der Waals surface area contributed by atoms with Crippen molar-refractivity contribution in [2.24, 2.45) is 0 Å². The Morgan fingerprint density at radius 1 is 0.226 bits per heavy atom. The number of benzene rings is 12. The highest BCUT2D eigenvalue weighted by Gasteiger charge is 2.20. The van der Waals surface area contributed by atoms with Crippen LogP contribution in [0.1, 0.15) is 0 Å². The van der Waals surface area contributed by atoms with Crippen LogP contribution >= 0.6 is 0 Å². The quantitative estimate of drug-likeness (QED) is 0.120. The molecule has 17 aromatic rings. The lowest BCUT2D eigenvalue weighted by Crippen LogP contribution is -1.97. The number of fused-ring (bicyclic) bond motifs is 5. The number of rotatable bonds is 12. The Bertz CT molecular complexity index is 5590. The van der Waals surface area contributed by atoms with E-state index in [1.54, 1.807) is 0 Å². The first-order valence-corrected chi connectivity index (χ1v) is 31.2. The zero-order chi connectivity index (χ0) is 61.6. The van der Waals surface area contributed by atoms with Crippen LogP contribution in [0.3, 0.4) is 0 Å². The van der Waals surface area contributed by atoms with Crippen molar-refractivity contribution in [3.63, 3.8) is 0 Å². The molecule has 0 aliphatic carbocycles. The summed E-state index contributed by atoms with van der Waals surface area (Å²) in [4.78, 5) is 35.7. The topological polar surface area (TPSA) is 95.2 Å². The maximum atomic E-state index is 5.38. The highest BCUT2D eigenvalue weighted by Crippen LogP contribution is 2.41. The molecular weight excluding hydrogens is 1130 g/mol. The summed E-state index contributed by atoms with van der Waals surface area (Å²) in [5.74, 6) is 2.01. The fourth-order valence-corrected chi connectivity index (χ4v) is 12.9. The minimum atomic E-state index is 0.649. The van der Waals surface area contributed by atoms with Gasteiger partial charge in [0.05, 0.1) is 50.7 Å². The van der Waals surface area contributed by atoms with E-state index in [0.29, 0.717) is 17.5 Å². The van der Waals surface area contributed by atoms with E-state index in [4.69, 9.17) is 29.9 Å². The standard InChI is InChI=1S/C85H54N8/c1-5-19-57(20-6-1)74-52-77(90-83(87-74)60-23-9-3-10-24-60)65-41-39-63-50-66(42-40-62(63)49-65)78-53-75(58-21-7-2-8-22-58)89-85(91-78)67-28-17-27-64(51-67)69-31-18-34-81-82(69)72-30-14-16-33-80(72)93(81)68-45-43-56(44-46-68)55-35-37-59(38-36-55)76-54-79(92-84(88-76)61-25-11-4-12-26-61)71-47-48-86-73-32-15-13-29-70(71)73/h1-54H. The second-order valence-corrected chi connectivity index (χ2v) is 23.3. The summed E-state index contributed by atoms with van der Waals surface area (Å²) in [6.07, 6.45) is 1.85. The Kier molecular flexibility index (Phi) is 13.7. The lowest BCUT2D eigenvalue weighted by atomic mass is 9.97. The molecule has 0 unspecified atom stereocenters. The first-order valence-electron chi connectivity index (χ1n) is 31.2. The number of hydrogen-bond donors (Lipinski definition) is 0. The van der Waals surface area contributed by atoms with Gasteiger partial charge in [0.25, 0.3) is 0 Å². The molecule has 0 saturated heterocycles. The zero-order valence-corrected chi connectivity index (χ0v) is 50.3. The predicted molar refractivity (Wildman–Crippen MR) is 380 cm³/mol. The van der Waals surface area contributed by atoms with Gasteiger partial charge in [-0.1, -0.05) is 249 Å². The third kappa shape index (κ3) is 10.4. The lowest BCUT2D eigenvalue weighted by molar-refractivity contribution is 1.18. The SMILES string of the molecule is c1ccc(-c2cc(-c3ccc4cc(-c5cc(-c6ccccc6)nc(-c6cccc(-c7cccc8c7c7ccccc7n8-c7ccc(-c8ccc(-c9cc(-c%10ccnc%11ccccc%10%11)nc(-c%10ccccc%10)n9)cc8)cc7)c6)n5)ccc4c3)nc(-c3ccccc3)n2)cc1. The van der Waals surface area contributed by atoms with Crippen LogP contribution in [0.5, 0.6) is 0 Å². The van der Waals surface area contributed by atoms with Gasteiger partial charge in [-0.25, -0.2) is 29.9 Å². The van der Waals surface area contributed by atoms with Crippen LogP contribution < -0.4 is 0 Å². The van der Waals surface area contributed by atoms with Crippen LogP contribution in [-0.2, 0) is 0 Å². The van der Waals surface area contributed by atoms with Gasteiger partial charge in [0.2, 0.25) is 0 Å². The van der Waals surface area contributed by atoms with E-state index >= 15 is 0 Å². The second kappa shape index (κ2) is 23.4. The van der Waals surface area contributed by atoms with Gasteiger partial charge < -0.3 is 4.57 Å². The highest BCUT2D eigenvalue weighted by atomic mass is 15.0. The Morgan fingerprint density at radius 3 is 1.23 bits per heavy atom. The third-order valence-corrected chi connectivity index (χ3v) is 17.5. The number of hydrogen-bond acceptors (Lipinski definition) is 7. The van der Waals surface area contributed by atoms with Crippen LogP contribution in [-0.4, -0.2) is 39.5 Å². The van der Waals surface area contributed by atoms with E-state index in [9.17, 15) is 0 Å². The molecule has 0 bridgehead atoms. The maximum Gasteiger partial charge on any atom is 0.160 e. The molecule has 0 fully saturated rings. The summed E-state index contributed by atoms with van der Waals surface area (Å²) in [6.45, 7) is 0. The van der Waals surface area contributed by atoms with Crippen LogP contribution in [0, 0.1) is 0 Å². The van der Waals surface area contributed by atoms with Crippen LogP contribution in [0.15, 0.2) is 328 Å². The van der Waals surface area contributed by atoms with E-state index in [2.05, 4.69) is 246 Å². The van der Waals surface area contributed by atoms with E-state index in [0.717, 1.165) is 145 Å². The van der Waals surface area contributed by atoms with E-state index < -0.39 is 0 Å². The minimum absolute atomic E-state index is 0.649. The predicted octanol–water partition coefficient (Wildman–Crippen LogP) is 21.2. The maximum absolute atomic E-state index is 5.38. The van der Waals surface area contributed by atoms with Gasteiger partial charge in [0.15, 0.2) is 17.5 Å². The molecular formula is C85H54N8. The summed E-state index contributed by atoms with van der Waals surface area (Å²) in [7, 11) is 0. The summed E-state index contributed by atoms with van der Waals surface area (Å²) in [5.41, 5.74) is 22.8. The van der Waals surface area contributed by atoms with Gasteiger partial charge in [-0.15, -0.1) is 0 Å². The van der Waals surface area contributed by atoms with Crippen molar-refractivity contribution in [3.8, 4) is 130 Å². The first-order chi connectivity index (χ1) is 46.0. The lowest BCUT2D eigenvalue weighted by Gasteiger charge is -2.13. The molecule has 8 nitrogen and oxygen atoms in total. The van der Waals surface area contributed by atoms with Crippen LogP contribution in [0.25, 0.3) is 173 Å². The normalized spacial score (nSPS) is 11.4. The summed E-state index contributed by atoms with van der Waals surface area (Å²) >= 11 is 0. The van der Waals surface area contributed by atoms with Crippen molar-refractivity contribution in [1.82, 2.24) is 39.5 Å². The molecule has 0 spiro atoms. The molecule has 93 heavy (non-hydrogen) atoms. The average molecular weight is 1190 g/mol. The molecule has 17 rings (SSSR count). The number of nitrogens with zero attached hydrogens (tertiary/aromatic N) is 8. The molecule has 8 heteroatoms. The number of aromatic nitrogens is 8. The molecule has 0 aliphatic heterocycles. The molecule has 0 amide bonds. The fourth-order valence-electron chi connectivity index (χ4n) is 12.9. The molecule has 0 N–H and O–H groups in total. The number of pyridine rings is 1. The fraction of sp³-hybridized carbons (Fsp3) is 0. The van der Waals surface area contributed by atoms with E-state index in [1.165, 1.54) is 10.8 Å². The second-order valence-electron chi connectivity index (χ2n) is 23.3. The zero-order valence-electron chi connectivity index (χ0n) is 50.3. The largest absolute Gasteiger partial charge is 0.309 e. The molecule has 434 valence electrons. The summed E-state index contributed by atoms with van der Waals surface area (Å²) in [5, 5.41) is 5.59. The monoisotopic (exact) mass is 1190 g/mol. The molecule has 5 aromatic heterocycles. The van der Waals surface area contributed by atoms with Gasteiger partial charge in [-0.3, -0.25) is 4.98 Å². The van der Waals surface area contributed by atoms with Crippen LogP contribution in [0.4, 0.5) is 0 Å². The van der Waals surface area contributed by atoms with Gasteiger partial charge in [0, 0.05) is 78.1 Å². The Hall–Kier alpha value is -12.7. The Morgan fingerprint density at radius 2 is 0.634 bits per heavy atom. The van der Waals surface area contributed by atoms with Crippen molar-refractivity contribution >= 4 is 43.5 Å². The minimum Gasteiger partial charge on any atom is -0.309 e. The first kappa shape index (κ1) is 54.5. The molecule has 5 heterocycles. The van der Waals surface area contributed by atoms with E-state index in [1.807, 2.05) is 91.1 Å². The molecule has 12 aromatic carbocycles. The van der Waals surface area contributed by atoms with Crippen molar-refractivity contribution in [2.75, 3.05) is 0 Å². The molecule has 0 radical (unpaired) electrons. The molecule has 0 saturated carbocycles. The van der Waals surface area contributed by atoms with Crippen molar-refractivity contribution in [1.29, 1.82) is 0 Å². The summed E-state index contributed by atoms with van der Waals surface area (Å²) < 4.78 is 2.39. The van der Waals surface area contributed by atoms with Crippen LogP contribution in [0.2, 0.25) is 0 Å². The van der Waals surface area contributed by atoms with Gasteiger partial charge >= 0.3 is 0 Å². The van der Waals surface area contributed by atoms with Gasteiger partial charge in [0.1, 0.15) is 0 Å². The Balaban J connectivity index is 0.690. The van der Waals surface area contributed by atoms with E-state index in [-0.39, 0.29) is 0 Å². The van der Waals surface area contributed by atoms with Crippen molar-refractivity contribution < 1.29 is 0 Å². The molecule has 0 aliphatic rings. The number of para-hydroxylation sites is 2. The van der Waals surface area contributed by atoms with Crippen molar-refractivity contribution in [3.05, 3.63) is 328 Å².